The molecular weight excluding hydrogens is 470 g/mol. The van der Waals surface area contributed by atoms with Gasteiger partial charge in [-0.25, -0.2) is 33.2 Å². The second kappa shape index (κ2) is 8.63. The molecule has 0 spiro atoms. The van der Waals surface area contributed by atoms with Crippen LogP contribution in [-0.4, -0.2) is 58.2 Å². The number of aromatic nitrogens is 7. The monoisotopic (exact) mass is 490 g/mol. The third kappa shape index (κ3) is 3.61. The van der Waals surface area contributed by atoms with Crippen LogP contribution < -0.4 is 5.69 Å². The number of imidazole rings is 1. The summed E-state index contributed by atoms with van der Waals surface area (Å²) in [4.78, 5) is 42.5. The van der Waals surface area contributed by atoms with Crippen molar-refractivity contribution in [2.45, 2.75) is 25.4 Å². The highest BCUT2D eigenvalue weighted by molar-refractivity contribution is 5.91. The number of hydrogen-bond donors (Lipinski definition) is 1. The maximum atomic E-state index is 14.5. The van der Waals surface area contributed by atoms with Gasteiger partial charge in [0, 0.05) is 37.1 Å². The number of fused-ring (bicyclic) bond motifs is 2. The number of carbonyl (C=O) groups excluding carboxylic acids is 1. The lowest BCUT2D eigenvalue weighted by atomic mass is 10.0. The van der Waals surface area contributed by atoms with E-state index in [1.54, 1.807) is 21.7 Å². The first-order chi connectivity index (χ1) is 17.5. The summed E-state index contributed by atoms with van der Waals surface area (Å²) in [5.74, 6) is -2.20. The SMILES string of the molecule is O=C(Cn1nc(-c2cccc(F)c2F)c2cncnc21)N1CCC(n2c(=O)[nH]c3ncccc32)CC1. The summed E-state index contributed by atoms with van der Waals surface area (Å²) in [5, 5.41) is 4.82. The third-order valence-electron chi connectivity index (χ3n) is 6.58. The van der Waals surface area contributed by atoms with Gasteiger partial charge in [-0.05, 0) is 37.1 Å². The Bertz CT molecular complexity index is 1670. The average molecular weight is 490 g/mol. The van der Waals surface area contributed by atoms with Crippen molar-refractivity contribution in [2.75, 3.05) is 13.1 Å². The smallest absolute Gasteiger partial charge is 0.327 e. The van der Waals surface area contributed by atoms with E-state index in [9.17, 15) is 18.4 Å². The number of H-pyrrole nitrogens is 1. The number of amides is 1. The number of piperidine rings is 1. The summed E-state index contributed by atoms with van der Waals surface area (Å²) in [6.45, 7) is 0.803. The van der Waals surface area contributed by atoms with Gasteiger partial charge in [-0.2, -0.15) is 5.10 Å². The Labute approximate surface area is 202 Å². The van der Waals surface area contributed by atoms with Gasteiger partial charge in [0.2, 0.25) is 5.91 Å². The van der Waals surface area contributed by atoms with Gasteiger partial charge in [0.15, 0.2) is 22.9 Å². The normalized spacial score (nSPS) is 14.7. The van der Waals surface area contributed by atoms with Crippen LogP contribution in [0.25, 0.3) is 33.5 Å². The van der Waals surface area contributed by atoms with Crippen LogP contribution in [0.1, 0.15) is 18.9 Å². The minimum absolute atomic E-state index is 0.0273. The Morgan fingerprint density at radius 1 is 1.11 bits per heavy atom. The molecule has 0 radical (unpaired) electrons. The molecular formula is C24H20F2N8O2. The lowest BCUT2D eigenvalue weighted by molar-refractivity contribution is -0.133. The van der Waals surface area contributed by atoms with Gasteiger partial charge >= 0.3 is 5.69 Å². The lowest BCUT2D eigenvalue weighted by Crippen LogP contribution is -2.42. The highest BCUT2D eigenvalue weighted by Crippen LogP contribution is 2.30. The number of nitrogens with zero attached hydrogens (tertiary/aromatic N) is 7. The number of hydrogen-bond acceptors (Lipinski definition) is 6. The van der Waals surface area contributed by atoms with E-state index in [-0.39, 0.29) is 35.4 Å². The zero-order valence-electron chi connectivity index (χ0n) is 18.9. The van der Waals surface area contributed by atoms with Crippen molar-refractivity contribution in [3.8, 4) is 11.3 Å². The Balaban J connectivity index is 1.23. The quantitative estimate of drug-likeness (QED) is 0.414. The van der Waals surface area contributed by atoms with E-state index in [1.807, 2.05) is 6.07 Å². The van der Waals surface area contributed by atoms with Crippen molar-refractivity contribution in [1.29, 1.82) is 0 Å². The molecule has 1 fully saturated rings. The van der Waals surface area contributed by atoms with E-state index in [0.29, 0.717) is 42.6 Å². The first-order valence-electron chi connectivity index (χ1n) is 11.4. The van der Waals surface area contributed by atoms with Gasteiger partial charge in [-0.1, -0.05) is 6.07 Å². The van der Waals surface area contributed by atoms with Crippen LogP contribution in [0.3, 0.4) is 0 Å². The molecule has 12 heteroatoms. The standard InChI is InChI=1S/C24H20F2N8O2/c25-17-4-1-3-15(20(17)26)21-16-11-27-13-29-23(16)33(31-21)12-19(35)32-9-6-14(7-10-32)34-18-5-2-8-28-22(18)30-24(34)36/h1-5,8,11,13-14H,6-7,9-10,12H2,(H,28,30,36). The summed E-state index contributed by atoms with van der Waals surface area (Å²) in [7, 11) is 0. The van der Waals surface area contributed by atoms with Gasteiger partial charge in [-0.3, -0.25) is 14.3 Å². The molecule has 0 aliphatic carbocycles. The number of pyridine rings is 1. The van der Waals surface area contributed by atoms with Crippen molar-refractivity contribution in [3.05, 3.63) is 71.2 Å². The van der Waals surface area contributed by atoms with Crippen LogP contribution in [-0.2, 0) is 11.3 Å². The first kappa shape index (κ1) is 22.0. The fourth-order valence-electron chi connectivity index (χ4n) is 4.84. The second-order valence-corrected chi connectivity index (χ2v) is 8.65. The maximum absolute atomic E-state index is 14.5. The summed E-state index contributed by atoms with van der Waals surface area (Å²) >= 11 is 0. The average Bonchev–Trinajstić information content (AvgIpc) is 3.43. The first-order valence-corrected chi connectivity index (χ1v) is 11.4. The number of halogens is 2. The lowest BCUT2D eigenvalue weighted by Gasteiger charge is -2.32. The number of likely N-dealkylation sites (tertiary alicyclic amines) is 1. The van der Waals surface area contributed by atoms with Crippen LogP contribution in [0.2, 0.25) is 0 Å². The molecule has 4 aromatic heterocycles. The predicted molar refractivity (Wildman–Crippen MR) is 126 cm³/mol. The summed E-state index contributed by atoms with van der Waals surface area (Å²) < 4.78 is 31.4. The molecule has 1 N–H and O–H groups in total. The van der Waals surface area contributed by atoms with E-state index < -0.39 is 11.6 Å². The molecule has 10 nitrogen and oxygen atoms in total. The fourth-order valence-corrected chi connectivity index (χ4v) is 4.84. The van der Waals surface area contributed by atoms with E-state index in [4.69, 9.17) is 0 Å². The molecule has 1 saturated heterocycles. The second-order valence-electron chi connectivity index (χ2n) is 8.65. The van der Waals surface area contributed by atoms with Gasteiger partial charge in [0.05, 0.1) is 10.9 Å². The molecule has 182 valence electrons. The molecule has 36 heavy (non-hydrogen) atoms. The van der Waals surface area contributed by atoms with Gasteiger partial charge in [0.1, 0.15) is 18.6 Å². The van der Waals surface area contributed by atoms with Crippen molar-refractivity contribution in [2.24, 2.45) is 0 Å². The topological polar surface area (TPSA) is 115 Å². The van der Waals surface area contributed by atoms with E-state index in [0.717, 1.165) is 11.6 Å². The van der Waals surface area contributed by atoms with Crippen molar-refractivity contribution >= 4 is 28.1 Å². The number of nitrogens with one attached hydrogen (secondary N) is 1. The van der Waals surface area contributed by atoms with Crippen LogP contribution in [0.5, 0.6) is 0 Å². The van der Waals surface area contributed by atoms with Crippen molar-refractivity contribution in [3.63, 3.8) is 0 Å². The Kier molecular flexibility index (Phi) is 5.28. The Morgan fingerprint density at radius 2 is 1.94 bits per heavy atom. The molecule has 1 amide bonds. The number of benzene rings is 1. The molecule has 0 atom stereocenters. The Morgan fingerprint density at radius 3 is 2.78 bits per heavy atom. The summed E-state index contributed by atoms with van der Waals surface area (Å²) in [5.41, 5.74) is 1.56. The zero-order valence-corrected chi connectivity index (χ0v) is 18.9. The third-order valence-corrected chi connectivity index (χ3v) is 6.58. The van der Waals surface area contributed by atoms with Gasteiger partial charge in [-0.15, -0.1) is 0 Å². The molecule has 6 rings (SSSR count). The number of aromatic amines is 1. The Hall–Kier alpha value is -4.48. The molecule has 0 saturated carbocycles. The van der Waals surface area contributed by atoms with Gasteiger partial charge in [0.25, 0.3) is 0 Å². The largest absolute Gasteiger partial charge is 0.341 e. The summed E-state index contributed by atoms with van der Waals surface area (Å²) in [6, 6.07) is 7.43. The molecule has 1 aliphatic rings. The fraction of sp³-hybridized carbons (Fsp3) is 0.250. The minimum Gasteiger partial charge on any atom is -0.341 e. The van der Waals surface area contributed by atoms with E-state index in [1.165, 1.54) is 29.3 Å². The zero-order chi connectivity index (χ0) is 24.8. The van der Waals surface area contributed by atoms with E-state index >= 15 is 0 Å². The molecule has 5 aromatic rings. The van der Waals surface area contributed by atoms with Crippen molar-refractivity contribution < 1.29 is 13.6 Å². The van der Waals surface area contributed by atoms with E-state index in [2.05, 4.69) is 25.0 Å². The van der Waals surface area contributed by atoms with Crippen LogP contribution in [0, 0.1) is 11.6 Å². The number of rotatable bonds is 4. The van der Waals surface area contributed by atoms with Crippen LogP contribution >= 0.6 is 0 Å². The number of carbonyl (C=O) groups is 1. The van der Waals surface area contributed by atoms with Crippen molar-refractivity contribution in [1.82, 2.24) is 39.2 Å². The maximum Gasteiger partial charge on any atom is 0.327 e. The highest BCUT2D eigenvalue weighted by Gasteiger charge is 2.27. The van der Waals surface area contributed by atoms with Gasteiger partial charge < -0.3 is 4.90 Å². The molecule has 5 heterocycles. The highest BCUT2D eigenvalue weighted by atomic mass is 19.2. The predicted octanol–water partition coefficient (Wildman–Crippen LogP) is 2.67. The summed E-state index contributed by atoms with van der Waals surface area (Å²) in [6.07, 6.45) is 5.62. The minimum atomic E-state index is -1.02. The molecule has 0 bridgehead atoms. The molecule has 0 unspecified atom stereocenters. The van der Waals surface area contributed by atoms with Crippen LogP contribution in [0.15, 0.2) is 53.8 Å². The molecule has 1 aromatic carbocycles. The molecule has 1 aliphatic heterocycles. The van der Waals surface area contributed by atoms with Crippen LogP contribution in [0.4, 0.5) is 8.78 Å².